The molecule has 0 rings (SSSR count). The van der Waals surface area contributed by atoms with E-state index in [9.17, 15) is 0 Å². The molecule has 0 aromatic rings. The van der Waals surface area contributed by atoms with Crippen LogP contribution in [0.5, 0.6) is 0 Å². The molecule has 7 heavy (non-hydrogen) atoms. The van der Waals surface area contributed by atoms with Crippen molar-refractivity contribution in [2.24, 2.45) is 0 Å². The van der Waals surface area contributed by atoms with Gasteiger partial charge in [0.2, 0.25) is 0 Å². The van der Waals surface area contributed by atoms with Gasteiger partial charge in [0.15, 0.2) is 0 Å². The van der Waals surface area contributed by atoms with Gasteiger partial charge in [-0.2, -0.15) is 7.82 Å². The molecule has 0 aliphatic rings. The van der Waals surface area contributed by atoms with Crippen molar-refractivity contribution in [2.45, 2.75) is 0 Å². The van der Waals surface area contributed by atoms with Crippen molar-refractivity contribution in [3.05, 3.63) is 0 Å². The molecular formula is FeMnO4P. The van der Waals surface area contributed by atoms with Gasteiger partial charge in [-0.3, -0.25) is 0 Å². The summed E-state index contributed by atoms with van der Waals surface area (Å²) in [5, 5.41) is 0. The molecule has 0 aliphatic heterocycles. The first kappa shape index (κ1) is 15.7. The van der Waals surface area contributed by atoms with Crippen LogP contribution in [0, 0.1) is 0 Å². The van der Waals surface area contributed by atoms with E-state index in [-0.39, 0.29) is 34.1 Å². The minimum Gasteiger partial charge on any atom is -0.822 e. The van der Waals surface area contributed by atoms with Crippen LogP contribution in [0.3, 0.4) is 0 Å². The van der Waals surface area contributed by atoms with Crippen molar-refractivity contribution in [3.63, 3.8) is 0 Å². The maximum atomic E-state index is 8.55. The molecule has 0 heterocycles. The zero-order valence-electron chi connectivity index (χ0n) is 2.81. The third kappa shape index (κ3) is 144. The fraction of sp³-hybridized carbons (Fsp3) is 0. The van der Waals surface area contributed by atoms with E-state index in [0.29, 0.717) is 0 Å². The van der Waals surface area contributed by atoms with Crippen LogP contribution in [0.15, 0.2) is 0 Å². The summed E-state index contributed by atoms with van der Waals surface area (Å²) < 4.78 is 8.55. The van der Waals surface area contributed by atoms with Gasteiger partial charge in [0, 0.05) is 0 Å². The quantitative estimate of drug-likeness (QED) is 0.315. The second-order valence-corrected chi connectivity index (χ2v) is 1.34. The molecule has 44 valence electrons. The van der Waals surface area contributed by atoms with Gasteiger partial charge in [-0.15, -0.1) is 0 Å². The standard InChI is InChI=1S/Fe.Mn.H3O4P/c;;1-5(2,3)4/h;;(H3,1,2,3,4)/q+2;+1;/p-3. The zero-order chi connectivity index (χ0) is 4.50. The number of hydrogen-bond donors (Lipinski definition) is 0. The van der Waals surface area contributed by atoms with Crippen molar-refractivity contribution in [3.8, 4) is 0 Å². The SMILES string of the molecule is O=P([O-])([O-])[O-].[Fe+2].[Mn+]. The summed E-state index contributed by atoms with van der Waals surface area (Å²) in [6, 6.07) is 0. The molecule has 0 N–H and O–H groups in total. The summed E-state index contributed by atoms with van der Waals surface area (Å²) >= 11 is 0. The fourth-order valence-corrected chi connectivity index (χ4v) is 0. The van der Waals surface area contributed by atoms with Crippen LogP contribution in [0.25, 0.3) is 0 Å². The Bertz CT molecular complexity index is 57.8. The van der Waals surface area contributed by atoms with Gasteiger partial charge in [0.05, 0.1) is 0 Å². The summed E-state index contributed by atoms with van der Waals surface area (Å²) in [4.78, 5) is 25.6. The minimum atomic E-state index is -5.39. The average molecular weight is 206 g/mol. The first-order chi connectivity index (χ1) is 2.00. The molecule has 0 spiro atoms. The Morgan fingerprint density at radius 2 is 1.14 bits per heavy atom. The Hall–Kier alpha value is 1.15. The predicted molar refractivity (Wildman–Crippen MR) is 7.61 cm³/mol. The Kier molecular flexibility index (Phi) is 11.9. The first-order valence-electron chi connectivity index (χ1n) is 0.730. The monoisotopic (exact) mass is 206 g/mol. The predicted octanol–water partition coefficient (Wildman–Crippen LogP) is -2.83. The maximum absolute atomic E-state index is 8.55. The van der Waals surface area contributed by atoms with E-state index < -0.39 is 7.82 Å². The summed E-state index contributed by atoms with van der Waals surface area (Å²) in [5.41, 5.74) is 0. The zero-order valence-corrected chi connectivity index (χ0v) is 5.99. The van der Waals surface area contributed by atoms with Crippen molar-refractivity contribution in [2.75, 3.05) is 0 Å². The normalized spacial score (nSPS) is 8.43. The number of rotatable bonds is 0. The average Bonchev–Trinajstić information content (AvgIpc) is 0.722. The van der Waals surface area contributed by atoms with Crippen LogP contribution in [-0.2, 0) is 38.7 Å². The second-order valence-electron chi connectivity index (χ2n) is 0.447. The molecule has 0 aromatic heterocycles. The molecule has 0 saturated carbocycles. The topological polar surface area (TPSA) is 86.2 Å². The Labute approximate surface area is 61.5 Å². The molecule has 0 unspecified atom stereocenters. The van der Waals surface area contributed by atoms with Crippen LogP contribution in [0.2, 0.25) is 0 Å². The molecule has 0 aromatic carbocycles. The molecular weight excluding hydrogens is 206 g/mol. The van der Waals surface area contributed by atoms with Gasteiger partial charge < -0.3 is 19.2 Å². The van der Waals surface area contributed by atoms with E-state index in [1.54, 1.807) is 0 Å². The minimum absolute atomic E-state index is 0. The van der Waals surface area contributed by atoms with Gasteiger partial charge in [-0.05, 0) is 0 Å². The molecule has 4 nitrogen and oxygen atoms in total. The van der Waals surface area contributed by atoms with Gasteiger partial charge in [-0.1, -0.05) is 0 Å². The van der Waals surface area contributed by atoms with Crippen LogP contribution in [0.4, 0.5) is 0 Å². The van der Waals surface area contributed by atoms with E-state index in [2.05, 4.69) is 0 Å². The third-order valence-corrected chi connectivity index (χ3v) is 0. The number of phosphoric acid groups is 1. The number of hydrogen-bond acceptors (Lipinski definition) is 4. The summed E-state index contributed by atoms with van der Waals surface area (Å²) in [6.45, 7) is 0. The first-order valence-corrected chi connectivity index (χ1v) is 2.19. The van der Waals surface area contributed by atoms with Crippen LogP contribution < -0.4 is 14.7 Å². The summed E-state index contributed by atoms with van der Waals surface area (Å²) in [6.07, 6.45) is 0. The summed E-state index contributed by atoms with van der Waals surface area (Å²) in [7, 11) is -5.39. The van der Waals surface area contributed by atoms with Crippen molar-refractivity contribution >= 4 is 7.82 Å². The van der Waals surface area contributed by atoms with Gasteiger partial charge in [-0.25, -0.2) is 0 Å². The third-order valence-electron chi connectivity index (χ3n) is 0. The van der Waals surface area contributed by atoms with Crippen LogP contribution in [0.1, 0.15) is 0 Å². The van der Waals surface area contributed by atoms with Crippen LogP contribution in [-0.4, -0.2) is 0 Å². The molecule has 0 bridgehead atoms. The fourth-order valence-electron chi connectivity index (χ4n) is 0. The second kappa shape index (κ2) is 5.29. The van der Waals surface area contributed by atoms with Gasteiger partial charge in [0.25, 0.3) is 0 Å². The van der Waals surface area contributed by atoms with E-state index in [1.165, 1.54) is 0 Å². The Morgan fingerprint density at radius 3 is 1.14 bits per heavy atom. The molecule has 0 amide bonds. The largest absolute Gasteiger partial charge is 2.00 e. The molecule has 0 atom stereocenters. The Morgan fingerprint density at radius 1 is 1.14 bits per heavy atom. The maximum Gasteiger partial charge on any atom is 2.00 e. The van der Waals surface area contributed by atoms with Crippen molar-refractivity contribution in [1.82, 2.24) is 0 Å². The van der Waals surface area contributed by atoms with Crippen molar-refractivity contribution < 1.29 is 53.4 Å². The van der Waals surface area contributed by atoms with Crippen molar-refractivity contribution in [1.29, 1.82) is 0 Å². The van der Waals surface area contributed by atoms with E-state index in [4.69, 9.17) is 19.2 Å². The summed E-state index contributed by atoms with van der Waals surface area (Å²) in [5.74, 6) is 0. The molecule has 0 aliphatic carbocycles. The molecule has 0 fully saturated rings. The van der Waals surface area contributed by atoms with Gasteiger partial charge in [0.1, 0.15) is 0 Å². The van der Waals surface area contributed by atoms with Crippen LogP contribution >= 0.6 is 7.82 Å². The van der Waals surface area contributed by atoms with Gasteiger partial charge >= 0.3 is 34.1 Å². The Balaban J connectivity index is -0.0000000800. The molecule has 0 saturated heterocycles. The van der Waals surface area contributed by atoms with E-state index in [1.807, 2.05) is 0 Å². The molecule has 0 radical (unpaired) electrons. The molecule has 7 heteroatoms. The van der Waals surface area contributed by atoms with E-state index >= 15 is 0 Å². The smallest absolute Gasteiger partial charge is 0.822 e. The van der Waals surface area contributed by atoms with E-state index in [0.717, 1.165) is 0 Å².